The molecule has 2 fully saturated rings. The number of amides is 1. The van der Waals surface area contributed by atoms with E-state index in [9.17, 15) is 45.6 Å². The zero-order valence-electron chi connectivity index (χ0n) is 49.0. The summed E-state index contributed by atoms with van der Waals surface area (Å²) < 4.78 is 22.9. The summed E-state index contributed by atoms with van der Waals surface area (Å²) >= 11 is 0. The lowest BCUT2D eigenvalue weighted by molar-refractivity contribution is -0.359. The molecule has 12 unspecified atom stereocenters. The Labute approximate surface area is 468 Å². The van der Waals surface area contributed by atoms with Gasteiger partial charge in [-0.2, -0.15) is 0 Å². The number of rotatable bonds is 52. The number of hydrogen-bond donors (Lipinski definition) is 9. The molecule has 0 radical (unpaired) electrons. The summed E-state index contributed by atoms with van der Waals surface area (Å²) in [6.45, 7) is 2.87. The molecular formula is C63H119NO13. The molecule has 77 heavy (non-hydrogen) atoms. The zero-order chi connectivity index (χ0) is 56.0. The molecule has 0 spiro atoms. The van der Waals surface area contributed by atoms with Crippen LogP contribution in [0.3, 0.4) is 0 Å². The van der Waals surface area contributed by atoms with Crippen LogP contribution in [0.25, 0.3) is 0 Å². The molecule has 14 nitrogen and oxygen atoms in total. The lowest BCUT2D eigenvalue weighted by Gasteiger charge is -2.46. The van der Waals surface area contributed by atoms with Crippen molar-refractivity contribution in [3.05, 3.63) is 24.3 Å². The van der Waals surface area contributed by atoms with Crippen LogP contribution in [-0.4, -0.2) is 140 Å². The average molecular weight is 1100 g/mol. The van der Waals surface area contributed by atoms with Crippen molar-refractivity contribution in [2.24, 2.45) is 0 Å². The molecule has 2 aliphatic rings. The Hall–Kier alpha value is -1.53. The van der Waals surface area contributed by atoms with E-state index in [-0.39, 0.29) is 12.5 Å². The quantitative estimate of drug-likeness (QED) is 0.0204. The predicted molar refractivity (Wildman–Crippen MR) is 309 cm³/mol. The van der Waals surface area contributed by atoms with Gasteiger partial charge >= 0.3 is 0 Å². The van der Waals surface area contributed by atoms with E-state index in [4.69, 9.17) is 18.9 Å². The summed E-state index contributed by atoms with van der Waals surface area (Å²) in [4.78, 5) is 13.3. The van der Waals surface area contributed by atoms with Gasteiger partial charge in [0.05, 0.1) is 32.0 Å². The summed E-state index contributed by atoms with van der Waals surface area (Å²) in [6, 6.07) is -0.832. The second-order valence-electron chi connectivity index (χ2n) is 22.9. The minimum atomic E-state index is -1.78. The number of unbranched alkanes of at least 4 members (excludes halogenated alkanes) is 35. The van der Waals surface area contributed by atoms with Gasteiger partial charge in [0.25, 0.3) is 0 Å². The van der Waals surface area contributed by atoms with E-state index < -0.39 is 86.8 Å². The van der Waals surface area contributed by atoms with E-state index in [2.05, 4.69) is 43.5 Å². The number of nitrogens with one attached hydrogen (secondary N) is 1. The van der Waals surface area contributed by atoms with Crippen molar-refractivity contribution >= 4 is 5.91 Å². The molecule has 0 aromatic heterocycles. The lowest BCUT2D eigenvalue weighted by atomic mass is 9.97. The molecule has 12 atom stereocenters. The Morgan fingerprint density at radius 1 is 0.468 bits per heavy atom. The van der Waals surface area contributed by atoms with Gasteiger partial charge in [0.1, 0.15) is 48.8 Å². The number of aliphatic hydroxyl groups excluding tert-OH is 8. The number of aliphatic hydroxyl groups is 8. The number of allylic oxidation sites excluding steroid dienone is 4. The van der Waals surface area contributed by atoms with E-state index in [1.165, 1.54) is 186 Å². The van der Waals surface area contributed by atoms with Crippen molar-refractivity contribution in [3.8, 4) is 0 Å². The van der Waals surface area contributed by atoms with Gasteiger partial charge in [-0.1, -0.05) is 250 Å². The van der Waals surface area contributed by atoms with Crippen molar-refractivity contribution in [3.63, 3.8) is 0 Å². The van der Waals surface area contributed by atoms with Gasteiger partial charge in [0, 0.05) is 6.42 Å². The fraction of sp³-hybridized carbons (Fsp3) is 0.921. The van der Waals surface area contributed by atoms with Crippen molar-refractivity contribution in [2.45, 2.75) is 351 Å². The molecule has 0 aliphatic carbocycles. The van der Waals surface area contributed by atoms with Crippen molar-refractivity contribution in [1.29, 1.82) is 0 Å². The Kier molecular flexibility index (Phi) is 45.7. The third kappa shape index (κ3) is 34.5. The van der Waals surface area contributed by atoms with Crippen LogP contribution in [0.4, 0.5) is 0 Å². The lowest BCUT2D eigenvalue weighted by Crippen LogP contribution is -2.65. The molecule has 2 saturated heterocycles. The Morgan fingerprint density at radius 2 is 0.857 bits per heavy atom. The van der Waals surface area contributed by atoms with Gasteiger partial charge in [-0.15, -0.1) is 0 Å². The first-order valence-electron chi connectivity index (χ1n) is 32.1. The number of carbonyl (C=O) groups is 1. The first-order valence-corrected chi connectivity index (χ1v) is 32.1. The standard InChI is InChI=1S/C63H119NO13/c1-3-5-7-9-11-13-15-17-19-21-23-24-25-26-27-28-29-30-32-34-36-38-40-42-44-46-52(67)51(64-55(68)47-45-43-41-39-37-35-33-31-22-20-18-16-14-12-10-8-6-4-2)50-74-62-60(73)58(71)61(54(49-66)76-62)77-63-59(72)57(70)56(69)53(48-65)75-63/h14,16,20,22,51-54,56-63,65-67,69-73H,3-13,15,17-19,21,23-50H2,1-2H3,(H,64,68)/b16-14-,22-20-. The maximum atomic E-state index is 13.3. The summed E-state index contributed by atoms with van der Waals surface area (Å²) in [5.41, 5.74) is 0. The normalized spacial score (nSPS) is 24.8. The molecular weight excluding hydrogens is 979 g/mol. The van der Waals surface area contributed by atoms with Crippen LogP contribution >= 0.6 is 0 Å². The Morgan fingerprint density at radius 3 is 1.31 bits per heavy atom. The van der Waals surface area contributed by atoms with E-state index in [0.717, 1.165) is 57.8 Å². The van der Waals surface area contributed by atoms with E-state index >= 15 is 0 Å². The van der Waals surface area contributed by atoms with Gasteiger partial charge < -0.3 is 65.1 Å². The first kappa shape index (κ1) is 71.6. The number of ether oxygens (including phenoxy) is 4. The highest BCUT2D eigenvalue weighted by Gasteiger charge is 2.51. The second kappa shape index (κ2) is 49.1. The minimum Gasteiger partial charge on any atom is -0.394 e. The topological polar surface area (TPSA) is 228 Å². The summed E-state index contributed by atoms with van der Waals surface area (Å²) in [5, 5.41) is 87.4. The van der Waals surface area contributed by atoms with E-state index in [0.29, 0.717) is 19.3 Å². The van der Waals surface area contributed by atoms with Crippen LogP contribution in [0, 0.1) is 0 Å². The fourth-order valence-electron chi connectivity index (χ4n) is 10.7. The third-order valence-corrected chi connectivity index (χ3v) is 15.9. The van der Waals surface area contributed by atoms with Crippen LogP contribution in [0.2, 0.25) is 0 Å². The maximum absolute atomic E-state index is 13.3. The molecule has 2 heterocycles. The average Bonchev–Trinajstić information content (AvgIpc) is 3.44. The predicted octanol–water partition coefficient (Wildman–Crippen LogP) is 11.6. The van der Waals surface area contributed by atoms with Crippen molar-refractivity contribution in [2.75, 3.05) is 19.8 Å². The van der Waals surface area contributed by atoms with E-state index in [1.807, 2.05) is 0 Å². The van der Waals surface area contributed by atoms with Crippen LogP contribution < -0.4 is 5.32 Å². The smallest absolute Gasteiger partial charge is 0.220 e. The highest BCUT2D eigenvalue weighted by molar-refractivity contribution is 5.76. The van der Waals surface area contributed by atoms with Gasteiger partial charge in [-0.25, -0.2) is 0 Å². The van der Waals surface area contributed by atoms with E-state index in [1.54, 1.807) is 0 Å². The summed E-state index contributed by atoms with van der Waals surface area (Å²) in [6.07, 6.45) is 41.8. The SMILES string of the molecule is CCCCCC/C=C\C/C=C\CCCCCCCCCC(=O)NC(COC1OC(CO)C(OC2OC(CO)C(O)C(O)C2O)C(O)C1O)C(O)CCCCCCCCCCCCCCCCCCCCCCCCCCC. The molecule has 9 N–H and O–H groups in total. The van der Waals surface area contributed by atoms with Crippen LogP contribution in [-0.2, 0) is 23.7 Å². The van der Waals surface area contributed by atoms with Gasteiger partial charge in [-0.05, 0) is 44.9 Å². The van der Waals surface area contributed by atoms with Crippen LogP contribution in [0.1, 0.15) is 277 Å². The highest BCUT2D eigenvalue weighted by Crippen LogP contribution is 2.30. The minimum absolute atomic E-state index is 0.211. The number of carbonyl (C=O) groups excluding carboxylic acids is 1. The fourth-order valence-corrected chi connectivity index (χ4v) is 10.7. The van der Waals surface area contributed by atoms with Crippen molar-refractivity contribution in [1.82, 2.24) is 5.32 Å². The zero-order valence-corrected chi connectivity index (χ0v) is 49.0. The van der Waals surface area contributed by atoms with Gasteiger partial charge in [0.15, 0.2) is 12.6 Å². The second-order valence-corrected chi connectivity index (χ2v) is 22.9. The molecule has 2 aliphatic heterocycles. The van der Waals surface area contributed by atoms with Crippen LogP contribution in [0.15, 0.2) is 24.3 Å². The molecule has 0 saturated carbocycles. The molecule has 0 bridgehead atoms. The first-order chi connectivity index (χ1) is 37.6. The molecule has 0 aromatic rings. The third-order valence-electron chi connectivity index (χ3n) is 15.9. The summed E-state index contributed by atoms with van der Waals surface area (Å²) in [7, 11) is 0. The number of hydrogen-bond acceptors (Lipinski definition) is 13. The Balaban J connectivity index is 1.71. The van der Waals surface area contributed by atoms with Crippen molar-refractivity contribution < 1.29 is 64.6 Å². The van der Waals surface area contributed by atoms with Gasteiger partial charge in [0.2, 0.25) is 5.91 Å². The monoisotopic (exact) mass is 1100 g/mol. The highest BCUT2D eigenvalue weighted by atomic mass is 16.7. The molecule has 454 valence electrons. The summed E-state index contributed by atoms with van der Waals surface area (Å²) in [5.74, 6) is -0.211. The molecule has 14 heteroatoms. The molecule has 2 rings (SSSR count). The maximum Gasteiger partial charge on any atom is 0.220 e. The van der Waals surface area contributed by atoms with Gasteiger partial charge in [-0.3, -0.25) is 4.79 Å². The van der Waals surface area contributed by atoms with Crippen LogP contribution in [0.5, 0.6) is 0 Å². The Bertz CT molecular complexity index is 1390. The molecule has 0 aromatic carbocycles. The molecule has 1 amide bonds. The largest absolute Gasteiger partial charge is 0.394 e.